The van der Waals surface area contributed by atoms with Crippen molar-refractivity contribution in [2.45, 2.75) is 39.2 Å². The summed E-state index contributed by atoms with van der Waals surface area (Å²) in [5.74, 6) is 1.05. The van der Waals surface area contributed by atoms with E-state index in [2.05, 4.69) is 21.4 Å². The molecule has 0 aromatic carbocycles. The third kappa shape index (κ3) is 2.28. The fourth-order valence-electron chi connectivity index (χ4n) is 2.16. The number of hydrogen-bond donors (Lipinski definition) is 0. The van der Waals surface area contributed by atoms with E-state index in [-0.39, 0.29) is 0 Å². The third-order valence-electron chi connectivity index (χ3n) is 2.99. The van der Waals surface area contributed by atoms with E-state index in [1.54, 1.807) is 6.20 Å². The molecular weight excluding hydrogens is 210 g/mol. The highest BCUT2D eigenvalue weighted by Crippen LogP contribution is 2.22. The molecule has 2 rings (SSSR count). The smallest absolute Gasteiger partial charge is 0.206 e. The lowest BCUT2D eigenvalue weighted by Gasteiger charge is -2.22. The van der Waals surface area contributed by atoms with Gasteiger partial charge in [-0.3, -0.25) is 0 Å². The molecule has 1 aliphatic heterocycles. The molecule has 0 atom stereocenters. The normalized spacial score (nSPS) is 17.9. The summed E-state index contributed by atoms with van der Waals surface area (Å²) in [7, 11) is 0. The summed E-state index contributed by atoms with van der Waals surface area (Å²) in [6, 6.07) is 0. The Morgan fingerprint density at radius 3 is 2.53 bits per heavy atom. The van der Waals surface area contributed by atoms with Gasteiger partial charge in [0.05, 0.1) is 6.20 Å². The molecule has 2 heterocycles. The zero-order chi connectivity index (χ0) is 10.7. The number of rotatable bonds is 2. The predicted octanol–water partition coefficient (Wildman–Crippen LogP) is 2.94. The first-order valence-electron chi connectivity index (χ1n) is 5.79. The van der Waals surface area contributed by atoms with Gasteiger partial charge >= 0.3 is 0 Å². The van der Waals surface area contributed by atoms with Gasteiger partial charge in [0.1, 0.15) is 5.15 Å². The van der Waals surface area contributed by atoms with Crippen molar-refractivity contribution in [2.75, 3.05) is 18.0 Å². The van der Waals surface area contributed by atoms with Crippen LogP contribution in [-0.4, -0.2) is 22.6 Å². The number of halogens is 1. The molecule has 0 spiro atoms. The van der Waals surface area contributed by atoms with Crippen LogP contribution in [0.4, 0.5) is 5.95 Å². The first-order valence-corrected chi connectivity index (χ1v) is 6.16. The number of aromatic nitrogens is 2. The zero-order valence-corrected chi connectivity index (χ0v) is 10.0. The van der Waals surface area contributed by atoms with Crippen LogP contribution in [0, 0.1) is 0 Å². The lowest BCUT2D eigenvalue weighted by atomic mass is 10.2. The molecule has 0 aliphatic carbocycles. The number of hydrogen-bond acceptors (Lipinski definition) is 2. The van der Waals surface area contributed by atoms with Gasteiger partial charge in [0.15, 0.2) is 0 Å². The molecule has 4 heteroatoms. The molecule has 0 N–H and O–H groups in total. The van der Waals surface area contributed by atoms with Crippen molar-refractivity contribution >= 4 is 17.5 Å². The number of nitrogens with zero attached hydrogens (tertiary/aromatic N) is 3. The molecule has 0 bridgehead atoms. The van der Waals surface area contributed by atoms with Gasteiger partial charge in [-0.25, -0.2) is 4.98 Å². The average Bonchev–Trinajstić information content (AvgIpc) is 2.48. The summed E-state index contributed by atoms with van der Waals surface area (Å²) in [5.41, 5.74) is 0. The van der Waals surface area contributed by atoms with E-state index in [9.17, 15) is 0 Å². The van der Waals surface area contributed by atoms with Crippen LogP contribution >= 0.6 is 11.6 Å². The molecule has 1 saturated heterocycles. The maximum Gasteiger partial charge on any atom is 0.206 e. The summed E-state index contributed by atoms with van der Waals surface area (Å²) in [6.07, 6.45) is 6.99. The predicted molar refractivity (Wildman–Crippen MR) is 63.6 cm³/mol. The summed E-state index contributed by atoms with van der Waals surface area (Å²) >= 11 is 6.08. The van der Waals surface area contributed by atoms with Crippen LogP contribution in [0.15, 0.2) is 6.20 Å². The van der Waals surface area contributed by atoms with Crippen LogP contribution < -0.4 is 4.90 Å². The fraction of sp³-hybridized carbons (Fsp3) is 0.727. The molecule has 0 saturated carbocycles. The standard InChI is InChI=1S/C11H18ClN3/c1-2-15-10(12)9-13-11(15)14-7-5-3-4-6-8-14/h9H,2-8H2,1H3. The van der Waals surface area contributed by atoms with Gasteiger partial charge in [-0.2, -0.15) is 0 Å². The minimum absolute atomic E-state index is 0.747. The number of anilines is 1. The molecule has 3 nitrogen and oxygen atoms in total. The average molecular weight is 228 g/mol. The Balaban J connectivity index is 2.19. The Kier molecular flexibility index (Phi) is 3.52. The molecular formula is C11H18ClN3. The van der Waals surface area contributed by atoms with E-state index in [0.29, 0.717) is 0 Å². The fourth-order valence-corrected chi connectivity index (χ4v) is 2.41. The van der Waals surface area contributed by atoms with Gasteiger partial charge in [0.25, 0.3) is 0 Å². The molecule has 84 valence electrons. The first-order chi connectivity index (χ1) is 7.33. The summed E-state index contributed by atoms with van der Waals surface area (Å²) < 4.78 is 2.08. The highest BCUT2D eigenvalue weighted by molar-refractivity contribution is 6.29. The van der Waals surface area contributed by atoms with Crippen LogP contribution in [0.25, 0.3) is 0 Å². The van der Waals surface area contributed by atoms with E-state index in [4.69, 9.17) is 11.6 Å². The maximum atomic E-state index is 6.08. The number of imidazole rings is 1. The topological polar surface area (TPSA) is 21.1 Å². The van der Waals surface area contributed by atoms with Crippen molar-refractivity contribution in [3.05, 3.63) is 11.3 Å². The SMILES string of the molecule is CCn1c(Cl)cnc1N1CCCCCC1. The summed E-state index contributed by atoms with van der Waals surface area (Å²) in [5, 5.41) is 0.747. The van der Waals surface area contributed by atoms with Crippen LogP contribution in [0.5, 0.6) is 0 Å². The molecule has 0 amide bonds. The highest BCUT2D eigenvalue weighted by Gasteiger charge is 2.15. The molecule has 0 unspecified atom stereocenters. The Labute approximate surface area is 96.0 Å². The highest BCUT2D eigenvalue weighted by atomic mass is 35.5. The lowest BCUT2D eigenvalue weighted by Crippen LogP contribution is -2.27. The van der Waals surface area contributed by atoms with E-state index in [0.717, 1.165) is 30.7 Å². The largest absolute Gasteiger partial charge is 0.342 e. The second-order valence-electron chi connectivity index (χ2n) is 4.03. The first kappa shape index (κ1) is 10.8. The molecule has 1 aromatic rings. The summed E-state index contributed by atoms with van der Waals surface area (Å²) in [6.45, 7) is 5.24. The Morgan fingerprint density at radius 2 is 1.93 bits per heavy atom. The summed E-state index contributed by atoms with van der Waals surface area (Å²) in [4.78, 5) is 6.77. The Hall–Kier alpha value is -0.700. The van der Waals surface area contributed by atoms with E-state index < -0.39 is 0 Å². The Morgan fingerprint density at radius 1 is 1.27 bits per heavy atom. The molecule has 1 aromatic heterocycles. The van der Waals surface area contributed by atoms with Crippen molar-refractivity contribution in [2.24, 2.45) is 0 Å². The van der Waals surface area contributed by atoms with Gasteiger partial charge in [-0.05, 0) is 19.8 Å². The van der Waals surface area contributed by atoms with Gasteiger partial charge in [0.2, 0.25) is 5.95 Å². The van der Waals surface area contributed by atoms with Crippen LogP contribution in [0.1, 0.15) is 32.6 Å². The van der Waals surface area contributed by atoms with Crippen molar-refractivity contribution in [1.29, 1.82) is 0 Å². The van der Waals surface area contributed by atoms with E-state index in [1.807, 2.05) is 0 Å². The zero-order valence-electron chi connectivity index (χ0n) is 9.25. The van der Waals surface area contributed by atoms with Gasteiger partial charge in [-0.1, -0.05) is 24.4 Å². The minimum atomic E-state index is 0.747. The van der Waals surface area contributed by atoms with Crippen LogP contribution in [0.3, 0.4) is 0 Å². The van der Waals surface area contributed by atoms with E-state index >= 15 is 0 Å². The van der Waals surface area contributed by atoms with Crippen LogP contribution in [0.2, 0.25) is 5.15 Å². The Bertz CT molecular complexity index is 314. The van der Waals surface area contributed by atoms with E-state index in [1.165, 1.54) is 25.7 Å². The van der Waals surface area contributed by atoms with Crippen molar-refractivity contribution in [3.8, 4) is 0 Å². The quantitative estimate of drug-likeness (QED) is 0.775. The second kappa shape index (κ2) is 4.88. The molecule has 0 radical (unpaired) electrons. The third-order valence-corrected chi connectivity index (χ3v) is 3.29. The monoisotopic (exact) mass is 227 g/mol. The van der Waals surface area contributed by atoms with Crippen molar-refractivity contribution in [3.63, 3.8) is 0 Å². The second-order valence-corrected chi connectivity index (χ2v) is 4.41. The van der Waals surface area contributed by atoms with Gasteiger partial charge in [0, 0.05) is 19.6 Å². The van der Waals surface area contributed by atoms with Crippen LogP contribution in [-0.2, 0) is 6.54 Å². The molecule has 1 fully saturated rings. The van der Waals surface area contributed by atoms with Gasteiger partial charge < -0.3 is 9.47 Å². The lowest BCUT2D eigenvalue weighted by molar-refractivity contribution is 0.692. The van der Waals surface area contributed by atoms with Crippen molar-refractivity contribution in [1.82, 2.24) is 9.55 Å². The molecule has 15 heavy (non-hydrogen) atoms. The van der Waals surface area contributed by atoms with Crippen molar-refractivity contribution < 1.29 is 0 Å². The molecule has 1 aliphatic rings. The maximum absolute atomic E-state index is 6.08. The van der Waals surface area contributed by atoms with Gasteiger partial charge in [-0.15, -0.1) is 0 Å². The minimum Gasteiger partial charge on any atom is -0.342 e.